The lowest BCUT2D eigenvalue weighted by Crippen LogP contribution is -2.50. The predicted molar refractivity (Wildman–Crippen MR) is 105 cm³/mol. The van der Waals surface area contributed by atoms with E-state index in [0.717, 1.165) is 21.9 Å². The first-order chi connectivity index (χ1) is 13.3. The van der Waals surface area contributed by atoms with Crippen molar-refractivity contribution in [2.75, 3.05) is 32.4 Å². The third-order valence-corrected chi connectivity index (χ3v) is 7.01. The molecule has 0 radical (unpaired) electrons. The van der Waals surface area contributed by atoms with Gasteiger partial charge in [0.1, 0.15) is 5.82 Å². The molecule has 2 aromatic heterocycles. The molecule has 0 aliphatic carbocycles. The molecule has 0 unspecified atom stereocenters. The summed E-state index contributed by atoms with van der Waals surface area (Å²) >= 11 is 1.44. The van der Waals surface area contributed by atoms with Crippen LogP contribution in [0, 0.1) is 5.82 Å². The quantitative estimate of drug-likeness (QED) is 0.643. The number of carbonyl (C=O) groups is 1. The Labute approximate surface area is 166 Å². The normalized spacial score (nSPS) is 16.0. The summed E-state index contributed by atoms with van der Waals surface area (Å²) < 4.78 is 39.6. The maximum absolute atomic E-state index is 13.1. The molecule has 3 heterocycles. The number of benzene rings is 1. The summed E-state index contributed by atoms with van der Waals surface area (Å²) in [6, 6.07) is 6.13. The van der Waals surface area contributed by atoms with E-state index < -0.39 is 10.0 Å². The lowest BCUT2D eigenvalue weighted by Gasteiger charge is -2.33. The van der Waals surface area contributed by atoms with Crippen molar-refractivity contribution in [3.05, 3.63) is 47.4 Å². The molecule has 1 aliphatic heterocycles. The van der Waals surface area contributed by atoms with Crippen molar-refractivity contribution < 1.29 is 17.6 Å². The number of imidazole rings is 1. The standard InChI is InChI=1S/C18H19FN4O3S2/c1-28(25,26)22-8-6-21(7-9-22)17(24)10-15-12-27-18-20-16(11-23(15)18)13-2-4-14(19)5-3-13/h2-5,11-12H,6-10H2,1H3. The maximum atomic E-state index is 13.1. The number of rotatable bonds is 4. The largest absolute Gasteiger partial charge is 0.340 e. The van der Waals surface area contributed by atoms with E-state index in [1.54, 1.807) is 17.0 Å². The van der Waals surface area contributed by atoms with Crippen LogP contribution in [0.15, 0.2) is 35.8 Å². The summed E-state index contributed by atoms with van der Waals surface area (Å²) in [4.78, 5) is 19.7. The Morgan fingerprint density at radius 1 is 1.18 bits per heavy atom. The lowest BCUT2D eigenvalue weighted by atomic mass is 10.2. The third kappa shape index (κ3) is 3.80. The van der Waals surface area contributed by atoms with Gasteiger partial charge in [0.2, 0.25) is 15.9 Å². The first-order valence-corrected chi connectivity index (χ1v) is 11.5. The molecule has 1 saturated heterocycles. The lowest BCUT2D eigenvalue weighted by molar-refractivity contribution is -0.131. The number of sulfonamides is 1. The number of amides is 1. The van der Waals surface area contributed by atoms with Gasteiger partial charge in [-0.15, -0.1) is 11.3 Å². The number of hydrogen-bond donors (Lipinski definition) is 0. The first-order valence-electron chi connectivity index (χ1n) is 8.75. The number of nitrogens with zero attached hydrogens (tertiary/aromatic N) is 4. The summed E-state index contributed by atoms with van der Waals surface area (Å²) in [5, 5.41) is 1.90. The van der Waals surface area contributed by atoms with Gasteiger partial charge >= 0.3 is 0 Å². The van der Waals surface area contributed by atoms with Gasteiger partial charge in [-0.2, -0.15) is 4.31 Å². The van der Waals surface area contributed by atoms with E-state index >= 15 is 0 Å². The van der Waals surface area contributed by atoms with Crippen LogP contribution in [0.5, 0.6) is 0 Å². The van der Waals surface area contributed by atoms with Gasteiger partial charge < -0.3 is 4.90 Å². The van der Waals surface area contributed by atoms with E-state index in [1.165, 1.54) is 34.0 Å². The average molecular weight is 423 g/mol. The van der Waals surface area contributed by atoms with Gasteiger partial charge in [0.15, 0.2) is 4.96 Å². The molecule has 1 aromatic carbocycles. The van der Waals surface area contributed by atoms with Gasteiger partial charge in [-0.1, -0.05) is 0 Å². The Bertz CT molecular complexity index is 1110. The van der Waals surface area contributed by atoms with Crippen LogP contribution in [0.25, 0.3) is 16.2 Å². The smallest absolute Gasteiger partial charge is 0.228 e. The van der Waals surface area contributed by atoms with Crippen LogP contribution in [0.3, 0.4) is 0 Å². The Morgan fingerprint density at radius 3 is 2.50 bits per heavy atom. The number of carbonyl (C=O) groups excluding carboxylic acids is 1. The van der Waals surface area contributed by atoms with Crippen LogP contribution < -0.4 is 0 Å². The first kappa shape index (κ1) is 19.0. The van der Waals surface area contributed by atoms with Crippen molar-refractivity contribution in [1.82, 2.24) is 18.6 Å². The maximum Gasteiger partial charge on any atom is 0.228 e. The summed E-state index contributed by atoms with van der Waals surface area (Å²) in [6.45, 7) is 1.43. The molecule has 0 N–H and O–H groups in total. The second-order valence-corrected chi connectivity index (χ2v) is 9.55. The van der Waals surface area contributed by atoms with Gasteiger partial charge in [-0.05, 0) is 24.3 Å². The minimum absolute atomic E-state index is 0.0371. The third-order valence-electron chi connectivity index (χ3n) is 4.82. The van der Waals surface area contributed by atoms with E-state index in [1.807, 2.05) is 16.0 Å². The fourth-order valence-corrected chi connectivity index (χ4v) is 4.95. The Balaban J connectivity index is 1.48. The monoisotopic (exact) mass is 422 g/mol. The van der Waals surface area contributed by atoms with Crippen LogP contribution >= 0.6 is 11.3 Å². The number of fused-ring (bicyclic) bond motifs is 1. The molecule has 4 rings (SSSR count). The fourth-order valence-electron chi connectivity index (χ4n) is 3.25. The highest BCUT2D eigenvalue weighted by Crippen LogP contribution is 2.24. The van der Waals surface area contributed by atoms with Crippen molar-refractivity contribution >= 4 is 32.2 Å². The van der Waals surface area contributed by atoms with Gasteiger partial charge in [0, 0.05) is 49.0 Å². The van der Waals surface area contributed by atoms with Gasteiger partial charge in [0.05, 0.1) is 18.4 Å². The molecule has 0 spiro atoms. The number of piperazine rings is 1. The van der Waals surface area contributed by atoms with Gasteiger partial charge in [-0.25, -0.2) is 17.8 Å². The highest BCUT2D eigenvalue weighted by molar-refractivity contribution is 7.88. The van der Waals surface area contributed by atoms with E-state index in [0.29, 0.717) is 26.2 Å². The van der Waals surface area contributed by atoms with Crippen LogP contribution in [-0.4, -0.2) is 65.3 Å². The summed E-state index contributed by atoms with van der Waals surface area (Å²) in [5.74, 6) is -0.336. The molecule has 10 heteroatoms. The van der Waals surface area contributed by atoms with Crippen molar-refractivity contribution in [1.29, 1.82) is 0 Å². The summed E-state index contributed by atoms with van der Waals surface area (Å²) in [5.41, 5.74) is 2.37. The average Bonchev–Trinajstić information content (AvgIpc) is 3.24. The van der Waals surface area contributed by atoms with Crippen molar-refractivity contribution in [3.63, 3.8) is 0 Å². The molecule has 0 saturated carbocycles. The molecule has 0 bridgehead atoms. The SMILES string of the molecule is CS(=O)(=O)N1CCN(C(=O)Cc2csc3nc(-c4ccc(F)cc4)cn23)CC1. The van der Waals surface area contributed by atoms with E-state index in [4.69, 9.17) is 0 Å². The molecule has 28 heavy (non-hydrogen) atoms. The second kappa shape index (κ2) is 7.26. The van der Waals surface area contributed by atoms with E-state index in [9.17, 15) is 17.6 Å². The molecule has 3 aromatic rings. The van der Waals surface area contributed by atoms with Crippen LogP contribution in [0.2, 0.25) is 0 Å². The molecule has 1 aliphatic rings. The zero-order valence-corrected chi connectivity index (χ0v) is 16.8. The summed E-state index contributed by atoms with van der Waals surface area (Å²) in [6.07, 6.45) is 3.26. The zero-order chi connectivity index (χ0) is 19.9. The zero-order valence-electron chi connectivity index (χ0n) is 15.2. The van der Waals surface area contributed by atoms with Crippen LogP contribution in [-0.2, 0) is 21.2 Å². The highest BCUT2D eigenvalue weighted by atomic mass is 32.2. The molecule has 1 fully saturated rings. The Hall–Kier alpha value is -2.30. The van der Waals surface area contributed by atoms with E-state index in [2.05, 4.69) is 4.98 Å². The van der Waals surface area contributed by atoms with Gasteiger partial charge in [0.25, 0.3) is 0 Å². The summed E-state index contributed by atoms with van der Waals surface area (Å²) in [7, 11) is -3.22. The molecular formula is C18H19FN4O3S2. The number of hydrogen-bond acceptors (Lipinski definition) is 5. The molecule has 7 nitrogen and oxygen atoms in total. The van der Waals surface area contributed by atoms with Crippen LogP contribution in [0.4, 0.5) is 4.39 Å². The fraction of sp³-hybridized carbons (Fsp3) is 0.333. The highest BCUT2D eigenvalue weighted by Gasteiger charge is 2.26. The predicted octanol–water partition coefficient (Wildman–Crippen LogP) is 1.85. The molecular weight excluding hydrogens is 403 g/mol. The molecule has 0 atom stereocenters. The van der Waals surface area contributed by atoms with E-state index in [-0.39, 0.29) is 18.1 Å². The molecule has 1 amide bonds. The van der Waals surface area contributed by atoms with Crippen molar-refractivity contribution in [3.8, 4) is 11.3 Å². The number of halogens is 1. The van der Waals surface area contributed by atoms with Crippen molar-refractivity contribution in [2.45, 2.75) is 6.42 Å². The van der Waals surface area contributed by atoms with Crippen molar-refractivity contribution in [2.24, 2.45) is 0 Å². The minimum atomic E-state index is -3.22. The van der Waals surface area contributed by atoms with Crippen LogP contribution in [0.1, 0.15) is 5.69 Å². The minimum Gasteiger partial charge on any atom is -0.340 e. The Kier molecular flexibility index (Phi) is 4.94. The number of thiazole rings is 1. The van der Waals surface area contributed by atoms with Gasteiger partial charge in [-0.3, -0.25) is 9.20 Å². The number of aromatic nitrogens is 2. The second-order valence-electron chi connectivity index (χ2n) is 6.73. The topological polar surface area (TPSA) is 75.0 Å². The molecule has 148 valence electrons. The Morgan fingerprint density at radius 2 is 1.86 bits per heavy atom.